The Labute approximate surface area is 115 Å². The van der Waals surface area contributed by atoms with Gasteiger partial charge < -0.3 is 10.0 Å². The van der Waals surface area contributed by atoms with Crippen LogP contribution < -0.4 is 0 Å². The van der Waals surface area contributed by atoms with Crippen molar-refractivity contribution in [3.05, 3.63) is 35.4 Å². The largest absolute Gasteiger partial charge is 0.416 e. The Balaban J connectivity index is 2.23. The van der Waals surface area contributed by atoms with E-state index in [-0.39, 0.29) is 18.0 Å². The number of aliphatic hydroxyl groups is 1. The Hall–Kier alpha value is -1.56. The third-order valence-corrected chi connectivity index (χ3v) is 3.79. The Kier molecular flexibility index (Phi) is 3.54. The lowest BCUT2D eigenvalue weighted by Crippen LogP contribution is -2.35. The fraction of sp³-hybridized carbons (Fsp3) is 0.500. The SMILES string of the molecule is C[C@H]1CN(C(=O)c2cccc(C(F)(F)F)c2)C[C@@]1(C)O. The van der Waals surface area contributed by atoms with Gasteiger partial charge in [0.1, 0.15) is 0 Å². The number of β-amino-alcohol motifs (C(OH)–C–C–N with tert-alkyl or cyclic N) is 1. The van der Waals surface area contributed by atoms with Gasteiger partial charge in [0, 0.05) is 24.6 Å². The number of hydrogen-bond acceptors (Lipinski definition) is 2. The molecule has 1 aliphatic rings. The van der Waals surface area contributed by atoms with E-state index in [1.807, 2.05) is 0 Å². The molecule has 0 aromatic heterocycles. The molecular formula is C14H16F3NO2. The van der Waals surface area contributed by atoms with Crippen LogP contribution in [-0.4, -0.2) is 34.6 Å². The molecule has 1 aromatic carbocycles. The molecule has 110 valence electrons. The molecule has 20 heavy (non-hydrogen) atoms. The van der Waals surface area contributed by atoms with E-state index in [1.165, 1.54) is 17.0 Å². The zero-order valence-electron chi connectivity index (χ0n) is 11.2. The van der Waals surface area contributed by atoms with E-state index < -0.39 is 23.2 Å². The third kappa shape index (κ3) is 2.80. The first-order valence-corrected chi connectivity index (χ1v) is 6.30. The third-order valence-electron chi connectivity index (χ3n) is 3.79. The highest BCUT2D eigenvalue weighted by atomic mass is 19.4. The number of likely N-dealkylation sites (tertiary alicyclic amines) is 1. The zero-order valence-corrected chi connectivity index (χ0v) is 11.2. The lowest BCUT2D eigenvalue weighted by Gasteiger charge is -2.20. The number of amides is 1. The van der Waals surface area contributed by atoms with Gasteiger partial charge in [0.05, 0.1) is 11.2 Å². The summed E-state index contributed by atoms with van der Waals surface area (Å²) in [7, 11) is 0. The van der Waals surface area contributed by atoms with E-state index in [0.29, 0.717) is 6.54 Å². The Morgan fingerprint density at radius 2 is 2.10 bits per heavy atom. The standard InChI is InChI=1S/C14H16F3NO2/c1-9-7-18(8-13(9,2)20)12(19)10-4-3-5-11(6-10)14(15,16)17/h3-6,9,20H,7-8H2,1-2H3/t9-,13+/m0/s1. The monoisotopic (exact) mass is 287 g/mol. The van der Waals surface area contributed by atoms with Crippen LogP contribution in [0.2, 0.25) is 0 Å². The van der Waals surface area contributed by atoms with Gasteiger partial charge in [-0.2, -0.15) is 13.2 Å². The molecule has 1 heterocycles. The van der Waals surface area contributed by atoms with Crippen LogP contribution in [-0.2, 0) is 6.18 Å². The summed E-state index contributed by atoms with van der Waals surface area (Å²) >= 11 is 0. The molecular weight excluding hydrogens is 271 g/mol. The second kappa shape index (κ2) is 4.77. The fourth-order valence-corrected chi connectivity index (χ4v) is 2.30. The van der Waals surface area contributed by atoms with E-state index in [2.05, 4.69) is 0 Å². The van der Waals surface area contributed by atoms with E-state index in [4.69, 9.17) is 0 Å². The first-order valence-electron chi connectivity index (χ1n) is 6.30. The summed E-state index contributed by atoms with van der Waals surface area (Å²) in [4.78, 5) is 13.6. The number of alkyl halides is 3. The second-order valence-corrected chi connectivity index (χ2v) is 5.52. The molecule has 3 nitrogen and oxygen atoms in total. The van der Waals surface area contributed by atoms with Crippen LogP contribution in [0.4, 0.5) is 13.2 Å². The van der Waals surface area contributed by atoms with Crippen LogP contribution >= 0.6 is 0 Å². The number of rotatable bonds is 1. The number of carbonyl (C=O) groups is 1. The van der Waals surface area contributed by atoms with E-state index in [0.717, 1.165) is 12.1 Å². The number of nitrogens with zero attached hydrogens (tertiary/aromatic N) is 1. The van der Waals surface area contributed by atoms with Crippen molar-refractivity contribution in [3.63, 3.8) is 0 Å². The highest BCUT2D eigenvalue weighted by Gasteiger charge is 2.41. The maximum absolute atomic E-state index is 12.6. The van der Waals surface area contributed by atoms with Crippen molar-refractivity contribution in [2.45, 2.75) is 25.6 Å². The lowest BCUT2D eigenvalue weighted by atomic mass is 9.95. The average Bonchev–Trinajstić information content (AvgIpc) is 2.62. The Morgan fingerprint density at radius 3 is 2.60 bits per heavy atom. The molecule has 1 aliphatic heterocycles. The first-order chi connectivity index (χ1) is 9.11. The van der Waals surface area contributed by atoms with Crippen molar-refractivity contribution >= 4 is 5.91 Å². The van der Waals surface area contributed by atoms with E-state index in [1.54, 1.807) is 13.8 Å². The summed E-state index contributed by atoms with van der Waals surface area (Å²) in [5, 5.41) is 10.0. The van der Waals surface area contributed by atoms with Crippen LogP contribution in [0.15, 0.2) is 24.3 Å². The number of hydrogen-bond donors (Lipinski definition) is 1. The predicted octanol–water partition coefficient (Wildman–Crippen LogP) is 2.55. The maximum atomic E-state index is 12.6. The van der Waals surface area contributed by atoms with Crippen LogP contribution in [0, 0.1) is 5.92 Å². The molecule has 1 saturated heterocycles. The molecule has 1 fully saturated rings. The van der Waals surface area contributed by atoms with Gasteiger partial charge in [-0.3, -0.25) is 4.79 Å². The van der Waals surface area contributed by atoms with Gasteiger partial charge in [0.15, 0.2) is 0 Å². The molecule has 0 aliphatic carbocycles. The molecule has 0 unspecified atom stereocenters. The van der Waals surface area contributed by atoms with Crippen LogP contribution in [0.5, 0.6) is 0 Å². The zero-order chi connectivity index (χ0) is 15.1. The van der Waals surface area contributed by atoms with E-state index >= 15 is 0 Å². The number of carbonyl (C=O) groups excluding carboxylic acids is 1. The van der Waals surface area contributed by atoms with E-state index in [9.17, 15) is 23.1 Å². The molecule has 0 spiro atoms. The van der Waals surface area contributed by atoms with Gasteiger partial charge in [-0.1, -0.05) is 13.0 Å². The van der Waals surface area contributed by atoms with Gasteiger partial charge in [-0.15, -0.1) is 0 Å². The highest BCUT2D eigenvalue weighted by molar-refractivity contribution is 5.94. The van der Waals surface area contributed by atoms with Crippen molar-refractivity contribution in [1.29, 1.82) is 0 Å². The van der Waals surface area contributed by atoms with Gasteiger partial charge in [-0.05, 0) is 25.1 Å². The van der Waals surface area contributed by atoms with Crippen molar-refractivity contribution in [3.8, 4) is 0 Å². The fourth-order valence-electron chi connectivity index (χ4n) is 2.30. The summed E-state index contributed by atoms with van der Waals surface area (Å²) < 4.78 is 37.9. The minimum absolute atomic E-state index is 0.00951. The minimum atomic E-state index is -4.47. The van der Waals surface area contributed by atoms with Crippen molar-refractivity contribution in [1.82, 2.24) is 4.90 Å². The van der Waals surface area contributed by atoms with Gasteiger partial charge in [0.2, 0.25) is 0 Å². The molecule has 0 saturated carbocycles. The van der Waals surface area contributed by atoms with Gasteiger partial charge in [-0.25, -0.2) is 0 Å². The van der Waals surface area contributed by atoms with Gasteiger partial charge in [0.25, 0.3) is 5.91 Å². The van der Waals surface area contributed by atoms with Crippen molar-refractivity contribution in [2.24, 2.45) is 5.92 Å². The maximum Gasteiger partial charge on any atom is 0.416 e. The summed E-state index contributed by atoms with van der Waals surface area (Å²) in [6, 6.07) is 4.35. The summed E-state index contributed by atoms with van der Waals surface area (Å²) in [5.74, 6) is -0.599. The number of halogens is 3. The highest BCUT2D eigenvalue weighted by Crippen LogP contribution is 2.31. The predicted molar refractivity (Wildman–Crippen MR) is 67.1 cm³/mol. The van der Waals surface area contributed by atoms with Gasteiger partial charge >= 0.3 is 6.18 Å². The molecule has 0 radical (unpaired) electrons. The Bertz CT molecular complexity index is 525. The molecule has 1 aromatic rings. The molecule has 0 bridgehead atoms. The van der Waals surface area contributed by atoms with Crippen LogP contribution in [0.3, 0.4) is 0 Å². The molecule has 2 rings (SSSR count). The number of benzene rings is 1. The summed E-state index contributed by atoms with van der Waals surface area (Å²) in [5.41, 5.74) is -1.86. The Morgan fingerprint density at radius 1 is 1.45 bits per heavy atom. The summed E-state index contributed by atoms with van der Waals surface area (Å²) in [6.07, 6.45) is -4.47. The smallest absolute Gasteiger partial charge is 0.388 e. The molecule has 1 N–H and O–H groups in total. The second-order valence-electron chi connectivity index (χ2n) is 5.52. The van der Waals surface area contributed by atoms with Crippen LogP contribution in [0.1, 0.15) is 29.8 Å². The summed E-state index contributed by atoms with van der Waals surface area (Å²) in [6.45, 7) is 3.89. The quantitative estimate of drug-likeness (QED) is 0.862. The topological polar surface area (TPSA) is 40.5 Å². The normalized spacial score (nSPS) is 26.9. The molecule has 6 heteroatoms. The average molecular weight is 287 g/mol. The molecule has 2 atom stereocenters. The lowest BCUT2D eigenvalue weighted by molar-refractivity contribution is -0.137. The van der Waals surface area contributed by atoms with Crippen molar-refractivity contribution < 1.29 is 23.1 Å². The van der Waals surface area contributed by atoms with Crippen LogP contribution in [0.25, 0.3) is 0 Å². The molecule has 1 amide bonds. The first kappa shape index (κ1) is 14.8. The van der Waals surface area contributed by atoms with Crippen molar-refractivity contribution in [2.75, 3.05) is 13.1 Å². The minimum Gasteiger partial charge on any atom is -0.388 e.